The van der Waals surface area contributed by atoms with Crippen LogP contribution in [-0.2, 0) is 0 Å². The average molecular weight is 288 g/mol. The minimum absolute atomic E-state index is 0.173. The van der Waals surface area contributed by atoms with Crippen molar-refractivity contribution in [2.45, 2.75) is 38.3 Å². The monoisotopic (exact) mass is 288 g/mol. The van der Waals surface area contributed by atoms with Gasteiger partial charge in [-0.05, 0) is 43.5 Å². The highest BCUT2D eigenvalue weighted by molar-refractivity contribution is 5.20. The normalized spacial score (nSPS) is 21.3. The zero-order valence-electron chi connectivity index (χ0n) is 12.3. The largest absolute Gasteiger partial charge is 0.294 e. The van der Waals surface area contributed by atoms with Gasteiger partial charge in [-0.25, -0.2) is 14.1 Å². The molecule has 1 aromatic carbocycles. The standard InChI is InChI=1S/C16H21FN4/c1-2-16(13-5-7-14(17)8-6-13)20-9-3-4-15(10-20)21-12-18-11-19-21/h5-8,11-12,15-16H,2-4,9-10H2,1H3/t15-,16-/m0/s1. The van der Waals surface area contributed by atoms with Crippen molar-refractivity contribution in [3.8, 4) is 0 Å². The van der Waals surface area contributed by atoms with E-state index in [2.05, 4.69) is 21.9 Å². The number of benzene rings is 1. The average Bonchev–Trinajstić information content (AvgIpc) is 3.05. The lowest BCUT2D eigenvalue weighted by atomic mass is 9.98. The predicted octanol–water partition coefficient (Wildman–Crippen LogP) is 3.21. The minimum Gasteiger partial charge on any atom is -0.294 e. The number of likely N-dealkylation sites (tertiary alicyclic amines) is 1. The predicted molar refractivity (Wildman–Crippen MR) is 79.3 cm³/mol. The van der Waals surface area contributed by atoms with Crippen molar-refractivity contribution in [2.75, 3.05) is 13.1 Å². The summed E-state index contributed by atoms with van der Waals surface area (Å²) in [6, 6.07) is 7.64. The highest BCUT2D eigenvalue weighted by Gasteiger charge is 2.27. The Labute approximate surface area is 124 Å². The van der Waals surface area contributed by atoms with Gasteiger partial charge in [0.15, 0.2) is 0 Å². The molecule has 2 atom stereocenters. The third kappa shape index (κ3) is 3.13. The van der Waals surface area contributed by atoms with Gasteiger partial charge >= 0.3 is 0 Å². The topological polar surface area (TPSA) is 34.0 Å². The first-order valence-corrected chi connectivity index (χ1v) is 7.61. The van der Waals surface area contributed by atoms with Crippen LogP contribution in [0.3, 0.4) is 0 Å². The fraction of sp³-hybridized carbons (Fsp3) is 0.500. The molecule has 4 nitrogen and oxygen atoms in total. The summed E-state index contributed by atoms with van der Waals surface area (Å²) in [6.45, 7) is 4.24. The molecule has 0 spiro atoms. The Balaban J connectivity index is 1.75. The number of nitrogens with zero attached hydrogens (tertiary/aromatic N) is 4. The lowest BCUT2D eigenvalue weighted by molar-refractivity contribution is 0.117. The second-order valence-electron chi connectivity index (χ2n) is 5.64. The fourth-order valence-electron chi connectivity index (χ4n) is 3.28. The molecule has 0 saturated carbocycles. The van der Waals surface area contributed by atoms with Crippen LogP contribution in [0.1, 0.15) is 43.8 Å². The Morgan fingerprint density at radius 2 is 2.14 bits per heavy atom. The number of hydrogen-bond acceptors (Lipinski definition) is 3. The third-order valence-corrected chi connectivity index (χ3v) is 4.32. The van der Waals surface area contributed by atoms with Crippen LogP contribution >= 0.6 is 0 Å². The maximum atomic E-state index is 13.1. The smallest absolute Gasteiger partial charge is 0.137 e. The maximum absolute atomic E-state index is 13.1. The molecule has 0 N–H and O–H groups in total. The van der Waals surface area contributed by atoms with Gasteiger partial charge in [-0.3, -0.25) is 4.90 Å². The second-order valence-corrected chi connectivity index (χ2v) is 5.64. The second kappa shape index (κ2) is 6.35. The van der Waals surface area contributed by atoms with E-state index in [1.165, 1.54) is 5.56 Å². The van der Waals surface area contributed by atoms with Crippen molar-refractivity contribution >= 4 is 0 Å². The van der Waals surface area contributed by atoms with Crippen LogP contribution < -0.4 is 0 Å². The van der Waals surface area contributed by atoms with Gasteiger partial charge in [0, 0.05) is 12.6 Å². The third-order valence-electron chi connectivity index (χ3n) is 4.32. The molecule has 1 aromatic heterocycles. The first-order valence-electron chi connectivity index (χ1n) is 7.61. The van der Waals surface area contributed by atoms with Gasteiger partial charge in [0.2, 0.25) is 0 Å². The molecule has 0 unspecified atom stereocenters. The van der Waals surface area contributed by atoms with Crippen LogP contribution in [0.5, 0.6) is 0 Å². The molecule has 0 bridgehead atoms. The lowest BCUT2D eigenvalue weighted by Gasteiger charge is -2.38. The molecule has 112 valence electrons. The molecule has 2 aromatic rings. The van der Waals surface area contributed by atoms with E-state index in [0.29, 0.717) is 12.1 Å². The van der Waals surface area contributed by atoms with Gasteiger partial charge in [-0.1, -0.05) is 19.1 Å². The highest BCUT2D eigenvalue weighted by atomic mass is 19.1. The van der Waals surface area contributed by atoms with Crippen molar-refractivity contribution < 1.29 is 4.39 Å². The SMILES string of the molecule is CC[C@@H](c1ccc(F)cc1)N1CCC[C@H](n2cncn2)C1. The quantitative estimate of drug-likeness (QED) is 0.866. The summed E-state index contributed by atoms with van der Waals surface area (Å²) in [4.78, 5) is 6.54. The van der Waals surface area contributed by atoms with E-state index in [1.54, 1.807) is 24.8 Å². The molecule has 1 aliphatic heterocycles. The molecule has 21 heavy (non-hydrogen) atoms. The summed E-state index contributed by atoms with van der Waals surface area (Å²) in [5, 5.41) is 4.27. The van der Waals surface area contributed by atoms with Gasteiger partial charge in [-0.15, -0.1) is 0 Å². The lowest BCUT2D eigenvalue weighted by Crippen LogP contribution is -2.39. The van der Waals surface area contributed by atoms with E-state index in [9.17, 15) is 4.39 Å². The Bertz CT molecular complexity index is 552. The zero-order chi connectivity index (χ0) is 14.7. The van der Waals surface area contributed by atoms with E-state index < -0.39 is 0 Å². The molecule has 5 heteroatoms. The molecule has 1 aliphatic rings. The van der Waals surface area contributed by atoms with Gasteiger partial charge in [0.05, 0.1) is 6.04 Å². The number of aromatic nitrogens is 3. The summed E-state index contributed by atoms with van der Waals surface area (Å²) in [5.74, 6) is -0.173. The van der Waals surface area contributed by atoms with Crippen LogP contribution in [0.25, 0.3) is 0 Å². The Kier molecular flexibility index (Phi) is 4.29. The summed E-state index contributed by atoms with van der Waals surface area (Å²) in [5.41, 5.74) is 1.19. The van der Waals surface area contributed by atoms with Gasteiger partial charge in [0.25, 0.3) is 0 Å². The number of rotatable bonds is 4. The van der Waals surface area contributed by atoms with Crippen LogP contribution in [0.4, 0.5) is 4.39 Å². The van der Waals surface area contributed by atoms with Crippen LogP contribution in [0.15, 0.2) is 36.9 Å². The first kappa shape index (κ1) is 14.2. The Morgan fingerprint density at radius 3 is 2.81 bits per heavy atom. The van der Waals surface area contributed by atoms with E-state index in [-0.39, 0.29) is 5.82 Å². The first-order chi connectivity index (χ1) is 10.3. The maximum Gasteiger partial charge on any atom is 0.137 e. The molecule has 2 heterocycles. The van der Waals surface area contributed by atoms with Gasteiger partial charge in [-0.2, -0.15) is 5.10 Å². The van der Waals surface area contributed by atoms with Gasteiger partial charge < -0.3 is 0 Å². The van der Waals surface area contributed by atoms with E-state index >= 15 is 0 Å². The summed E-state index contributed by atoms with van der Waals surface area (Å²) >= 11 is 0. The molecular formula is C16H21FN4. The minimum atomic E-state index is -0.173. The van der Waals surface area contributed by atoms with E-state index in [0.717, 1.165) is 32.4 Å². The Hall–Kier alpha value is -1.75. The molecule has 0 radical (unpaired) electrons. The molecule has 1 fully saturated rings. The molecule has 1 saturated heterocycles. The van der Waals surface area contributed by atoms with E-state index in [4.69, 9.17) is 0 Å². The summed E-state index contributed by atoms with van der Waals surface area (Å²) in [6.07, 6.45) is 6.71. The molecule has 0 amide bonds. The molecule has 0 aliphatic carbocycles. The fourth-order valence-corrected chi connectivity index (χ4v) is 3.28. The summed E-state index contributed by atoms with van der Waals surface area (Å²) in [7, 11) is 0. The van der Waals surface area contributed by atoms with Crippen molar-refractivity contribution in [3.63, 3.8) is 0 Å². The van der Waals surface area contributed by atoms with Gasteiger partial charge in [0.1, 0.15) is 18.5 Å². The zero-order valence-corrected chi connectivity index (χ0v) is 12.3. The number of piperidine rings is 1. The Morgan fingerprint density at radius 1 is 1.33 bits per heavy atom. The van der Waals surface area contributed by atoms with Crippen molar-refractivity contribution in [3.05, 3.63) is 48.3 Å². The van der Waals surface area contributed by atoms with Crippen molar-refractivity contribution in [2.24, 2.45) is 0 Å². The molecule has 3 rings (SSSR count). The number of halogens is 1. The van der Waals surface area contributed by atoms with Crippen molar-refractivity contribution in [1.82, 2.24) is 19.7 Å². The molecular weight excluding hydrogens is 267 g/mol. The van der Waals surface area contributed by atoms with Crippen LogP contribution in [-0.4, -0.2) is 32.8 Å². The highest BCUT2D eigenvalue weighted by Crippen LogP contribution is 2.30. The van der Waals surface area contributed by atoms with Crippen LogP contribution in [0, 0.1) is 5.82 Å². The number of hydrogen-bond donors (Lipinski definition) is 0. The van der Waals surface area contributed by atoms with E-state index in [1.807, 2.05) is 16.8 Å². The van der Waals surface area contributed by atoms with Crippen molar-refractivity contribution in [1.29, 1.82) is 0 Å². The summed E-state index contributed by atoms with van der Waals surface area (Å²) < 4.78 is 15.1. The van der Waals surface area contributed by atoms with Crippen LogP contribution in [0.2, 0.25) is 0 Å².